The molecule has 2 bridgehead atoms. The molecule has 190 valence electrons. The Morgan fingerprint density at radius 3 is 1.39 bits per heavy atom. The van der Waals surface area contributed by atoms with Gasteiger partial charge >= 0.3 is 6.10 Å². The maximum absolute atomic E-state index is 6.66. The average molecular weight is 463 g/mol. The van der Waals surface area contributed by atoms with Crippen LogP contribution in [0.4, 0.5) is 0 Å². The number of fused-ring (bicyclic) bond motifs is 4. The lowest BCUT2D eigenvalue weighted by Gasteiger charge is -2.41. The molecule has 0 N–H and O–H groups in total. The summed E-state index contributed by atoms with van der Waals surface area (Å²) in [6, 6.07) is 7.93. The van der Waals surface area contributed by atoms with Crippen LogP contribution >= 0.6 is 0 Å². The summed E-state index contributed by atoms with van der Waals surface area (Å²) in [7, 11) is 0. The van der Waals surface area contributed by atoms with Gasteiger partial charge < -0.3 is 9.47 Å². The molecule has 0 amide bonds. The lowest BCUT2D eigenvalue weighted by molar-refractivity contribution is -0.387. The first-order valence-electron chi connectivity index (χ1n) is 13.8. The van der Waals surface area contributed by atoms with E-state index in [1.807, 2.05) is 24.3 Å². The molecule has 0 saturated heterocycles. The zero-order valence-electron chi connectivity index (χ0n) is 21.9. The second kappa shape index (κ2) is 16.3. The van der Waals surface area contributed by atoms with E-state index in [2.05, 4.69) is 37.5 Å². The second-order valence-electron chi connectivity index (χ2n) is 9.41. The van der Waals surface area contributed by atoms with Crippen LogP contribution in [0.25, 0.3) is 0 Å². The van der Waals surface area contributed by atoms with Gasteiger partial charge in [-0.05, 0) is 49.9 Å². The monoisotopic (exact) mass is 462 g/mol. The van der Waals surface area contributed by atoms with Crippen LogP contribution in [0.2, 0.25) is 0 Å². The Morgan fingerprint density at radius 2 is 1.00 bits per heavy atom. The third kappa shape index (κ3) is 9.84. The molecule has 2 aliphatic rings. The van der Waals surface area contributed by atoms with Gasteiger partial charge in [0.25, 0.3) is 0 Å². The normalized spacial score (nSPS) is 14.5. The van der Waals surface area contributed by atoms with Crippen molar-refractivity contribution < 1.29 is 14.2 Å². The van der Waals surface area contributed by atoms with Gasteiger partial charge in [-0.2, -0.15) is 0 Å². The topological polar surface area (TPSA) is 34.2 Å². The lowest BCUT2D eigenvalue weighted by Crippen LogP contribution is -2.60. The van der Waals surface area contributed by atoms with E-state index in [1.54, 1.807) is 0 Å². The Hall–Kier alpha value is -1.30. The molecule has 2 aliphatic heterocycles. The Labute approximate surface area is 203 Å². The van der Waals surface area contributed by atoms with Gasteiger partial charge in [0.05, 0.1) is 0 Å². The minimum Gasteiger partial charge on any atom is -0.417 e. The molecule has 33 heavy (non-hydrogen) atoms. The molecule has 0 atom stereocenters. The molecule has 0 unspecified atom stereocenters. The van der Waals surface area contributed by atoms with Crippen LogP contribution in [0, 0.1) is 0 Å². The van der Waals surface area contributed by atoms with Gasteiger partial charge in [-0.25, -0.2) is 4.90 Å². The van der Waals surface area contributed by atoms with Crippen LogP contribution in [0.15, 0.2) is 24.3 Å². The standard InChI is InChI=1S/C28H50N2O3/c1-5-9-13-21-29(22-14-10-6-2)25-31-28(32-26-17-18-27(33-28)20-19-26)30(23-15-11-7-3)24-16-12-8-4/h17-20H,5-16,21-25H2,1-4H3. The molecule has 0 fully saturated rings. The fourth-order valence-electron chi connectivity index (χ4n) is 4.25. The zero-order chi connectivity index (χ0) is 23.8. The van der Waals surface area contributed by atoms with E-state index >= 15 is 0 Å². The number of benzene rings is 1. The van der Waals surface area contributed by atoms with Crippen molar-refractivity contribution in [1.29, 1.82) is 0 Å². The third-order valence-corrected chi connectivity index (χ3v) is 6.35. The summed E-state index contributed by atoms with van der Waals surface area (Å²) in [6.07, 6.45) is 13.2. The predicted octanol–water partition coefficient (Wildman–Crippen LogP) is 7.41. The number of unbranched alkanes of at least 4 members (excludes halogenated alkanes) is 8. The SMILES string of the molecule is CCCCCN(CCCCC)COC1(N(CCCCC)CCCCC)Oc2ccc(cc2)O1. The van der Waals surface area contributed by atoms with Crippen molar-refractivity contribution in [2.24, 2.45) is 0 Å². The van der Waals surface area contributed by atoms with E-state index in [0.717, 1.165) is 50.5 Å². The molecule has 5 nitrogen and oxygen atoms in total. The van der Waals surface area contributed by atoms with Gasteiger partial charge in [0.15, 0.2) is 0 Å². The fraction of sp³-hybridized carbons (Fsp3) is 0.786. The van der Waals surface area contributed by atoms with E-state index in [-0.39, 0.29) is 0 Å². The maximum atomic E-state index is 6.66. The minimum absolute atomic E-state index is 0.520. The van der Waals surface area contributed by atoms with Gasteiger partial charge in [-0.3, -0.25) is 9.64 Å². The Morgan fingerprint density at radius 1 is 0.606 bits per heavy atom. The van der Waals surface area contributed by atoms with Gasteiger partial charge in [0, 0.05) is 26.2 Å². The molecule has 1 aromatic carbocycles. The molecule has 0 aromatic heterocycles. The quantitative estimate of drug-likeness (QED) is 0.149. The van der Waals surface area contributed by atoms with Gasteiger partial charge in [-0.1, -0.05) is 79.1 Å². The summed E-state index contributed by atoms with van der Waals surface area (Å²) >= 11 is 0. The summed E-state index contributed by atoms with van der Waals surface area (Å²) < 4.78 is 19.6. The van der Waals surface area contributed by atoms with Crippen LogP contribution in [0.1, 0.15) is 105 Å². The maximum Gasteiger partial charge on any atom is 0.448 e. The molecule has 3 rings (SSSR count). The second-order valence-corrected chi connectivity index (χ2v) is 9.41. The summed E-state index contributed by atoms with van der Waals surface area (Å²) in [5.74, 6) is 1.60. The van der Waals surface area contributed by atoms with E-state index in [4.69, 9.17) is 14.2 Å². The number of ether oxygens (including phenoxy) is 3. The van der Waals surface area contributed by atoms with Gasteiger partial charge in [0.1, 0.15) is 18.2 Å². The first kappa shape index (κ1) is 27.9. The molecule has 0 spiro atoms. The molecule has 0 saturated carbocycles. The predicted molar refractivity (Wildman–Crippen MR) is 138 cm³/mol. The third-order valence-electron chi connectivity index (χ3n) is 6.35. The minimum atomic E-state index is -1.20. The van der Waals surface area contributed by atoms with Crippen LogP contribution in [0.3, 0.4) is 0 Å². The fourth-order valence-corrected chi connectivity index (χ4v) is 4.25. The molecular formula is C28H50N2O3. The zero-order valence-corrected chi connectivity index (χ0v) is 21.9. The average Bonchev–Trinajstić information content (AvgIpc) is 3.12. The molecular weight excluding hydrogens is 412 g/mol. The van der Waals surface area contributed by atoms with Crippen LogP contribution in [-0.4, -0.2) is 48.8 Å². The van der Waals surface area contributed by atoms with Crippen LogP contribution in [-0.2, 0) is 4.74 Å². The Bertz CT molecular complexity index is 563. The number of hydrogen-bond acceptors (Lipinski definition) is 5. The van der Waals surface area contributed by atoms with Gasteiger partial charge in [-0.15, -0.1) is 0 Å². The van der Waals surface area contributed by atoms with Crippen molar-refractivity contribution in [3.05, 3.63) is 24.3 Å². The van der Waals surface area contributed by atoms with Crippen LogP contribution < -0.4 is 9.47 Å². The smallest absolute Gasteiger partial charge is 0.417 e. The van der Waals surface area contributed by atoms with Crippen molar-refractivity contribution in [3.63, 3.8) is 0 Å². The highest BCUT2D eigenvalue weighted by Gasteiger charge is 2.46. The number of nitrogens with zero attached hydrogens (tertiary/aromatic N) is 2. The van der Waals surface area contributed by atoms with E-state index in [1.165, 1.54) is 64.2 Å². The van der Waals surface area contributed by atoms with Crippen molar-refractivity contribution in [1.82, 2.24) is 9.80 Å². The highest BCUT2D eigenvalue weighted by molar-refractivity contribution is 5.33. The largest absolute Gasteiger partial charge is 0.448 e. The number of rotatable bonds is 20. The number of hydrogen-bond donors (Lipinski definition) is 0. The Kier molecular flexibility index (Phi) is 13.8. The first-order valence-corrected chi connectivity index (χ1v) is 13.8. The van der Waals surface area contributed by atoms with Crippen molar-refractivity contribution >= 4 is 0 Å². The molecule has 5 heteroatoms. The highest BCUT2D eigenvalue weighted by atomic mass is 16.9. The van der Waals surface area contributed by atoms with Crippen molar-refractivity contribution in [2.45, 2.75) is 111 Å². The highest BCUT2D eigenvalue weighted by Crippen LogP contribution is 2.34. The van der Waals surface area contributed by atoms with E-state index < -0.39 is 6.10 Å². The molecule has 0 radical (unpaired) electrons. The van der Waals surface area contributed by atoms with Crippen molar-refractivity contribution in [2.75, 3.05) is 32.9 Å². The van der Waals surface area contributed by atoms with E-state index in [0.29, 0.717) is 6.73 Å². The van der Waals surface area contributed by atoms with E-state index in [9.17, 15) is 0 Å². The van der Waals surface area contributed by atoms with Crippen LogP contribution in [0.5, 0.6) is 11.5 Å². The summed E-state index contributed by atoms with van der Waals surface area (Å²) in [4.78, 5) is 4.74. The summed E-state index contributed by atoms with van der Waals surface area (Å²) in [5.41, 5.74) is 0. The van der Waals surface area contributed by atoms with Gasteiger partial charge in [0.2, 0.25) is 0 Å². The lowest BCUT2D eigenvalue weighted by atomic mass is 10.2. The molecule has 1 aromatic rings. The Balaban J connectivity index is 2.18. The molecule has 0 aliphatic carbocycles. The molecule has 2 heterocycles. The first-order chi connectivity index (χ1) is 16.2. The summed E-state index contributed by atoms with van der Waals surface area (Å²) in [5, 5.41) is 0. The summed E-state index contributed by atoms with van der Waals surface area (Å²) in [6.45, 7) is 13.5. The van der Waals surface area contributed by atoms with Crippen molar-refractivity contribution in [3.8, 4) is 11.5 Å².